The number of hydrogen-bond donors (Lipinski definition) is 2. The number of hydrogen-bond acceptors (Lipinski definition) is 3. The summed E-state index contributed by atoms with van der Waals surface area (Å²) >= 11 is 12.1. The summed E-state index contributed by atoms with van der Waals surface area (Å²) in [5, 5.41) is 8.26. The molecule has 0 aliphatic heterocycles. The molecule has 0 saturated carbocycles. The van der Waals surface area contributed by atoms with Crippen molar-refractivity contribution in [1.82, 2.24) is 4.98 Å². The molecule has 0 atom stereocenters. The Balaban J connectivity index is 1.76. The first-order valence-corrected chi connectivity index (χ1v) is 8.99. The third-order valence-electron chi connectivity index (χ3n) is 4.05. The zero-order valence-corrected chi connectivity index (χ0v) is 15.5. The van der Waals surface area contributed by atoms with Crippen molar-refractivity contribution in [1.29, 1.82) is 0 Å². The fourth-order valence-corrected chi connectivity index (χ4v) is 3.07. The van der Waals surface area contributed by atoms with Crippen LogP contribution < -0.4 is 10.6 Å². The number of para-hydroxylation sites is 2. The monoisotopic (exact) mass is 397 g/mol. The van der Waals surface area contributed by atoms with Crippen LogP contribution >= 0.6 is 23.2 Å². The summed E-state index contributed by atoms with van der Waals surface area (Å²) in [5.41, 5.74) is 2.75. The molecule has 0 unspecified atom stereocenters. The lowest BCUT2D eigenvalue weighted by atomic mass is 10.1. The second-order valence-corrected chi connectivity index (χ2v) is 6.75. The van der Waals surface area contributed by atoms with E-state index in [1.165, 1.54) is 6.07 Å². The Kier molecular flexibility index (Phi) is 4.84. The zero-order valence-electron chi connectivity index (χ0n) is 14.0. The molecular formula is C21H14Cl2FN3. The Bertz CT molecular complexity index is 1130. The summed E-state index contributed by atoms with van der Waals surface area (Å²) in [4.78, 5) is 4.58. The molecule has 3 aromatic carbocycles. The Morgan fingerprint density at radius 1 is 0.741 bits per heavy atom. The number of rotatable bonds is 4. The van der Waals surface area contributed by atoms with E-state index in [4.69, 9.17) is 23.2 Å². The topological polar surface area (TPSA) is 37.0 Å². The van der Waals surface area contributed by atoms with Gasteiger partial charge in [0, 0.05) is 17.1 Å². The van der Waals surface area contributed by atoms with E-state index in [2.05, 4.69) is 15.6 Å². The second-order valence-electron chi connectivity index (χ2n) is 5.93. The maximum atomic E-state index is 14.0. The lowest BCUT2D eigenvalue weighted by molar-refractivity contribution is 0.632. The Morgan fingerprint density at radius 3 is 2.33 bits per heavy atom. The number of aromatic nitrogens is 1. The highest BCUT2D eigenvalue weighted by molar-refractivity contribution is 6.42. The number of nitrogens with zero attached hydrogens (tertiary/aromatic N) is 1. The molecule has 134 valence electrons. The van der Waals surface area contributed by atoms with Gasteiger partial charge < -0.3 is 10.6 Å². The van der Waals surface area contributed by atoms with Gasteiger partial charge in [-0.2, -0.15) is 0 Å². The average Bonchev–Trinajstić information content (AvgIpc) is 2.67. The lowest BCUT2D eigenvalue weighted by Crippen LogP contribution is -1.99. The summed E-state index contributed by atoms with van der Waals surface area (Å²) < 4.78 is 14.0. The van der Waals surface area contributed by atoms with Crippen LogP contribution in [0.5, 0.6) is 0 Å². The Morgan fingerprint density at radius 2 is 1.52 bits per heavy atom. The van der Waals surface area contributed by atoms with E-state index in [0.717, 1.165) is 22.3 Å². The fourth-order valence-electron chi connectivity index (χ4n) is 2.77. The van der Waals surface area contributed by atoms with E-state index < -0.39 is 0 Å². The quantitative estimate of drug-likeness (QED) is 0.383. The van der Waals surface area contributed by atoms with Gasteiger partial charge in [0.25, 0.3) is 0 Å². The van der Waals surface area contributed by atoms with Crippen LogP contribution in [0.2, 0.25) is 10.0 Å². The molecule has 0 spiro atoms. The summed E-state index contributed by atoms with van der Waals surface area (Å²) in [5.74, 6) is 0.188. The maximum absolute atomic E-state index is 14.0. The van der Waals surface area contributed by atoms with E-state index in [-0.39, 0.29) is 5.82 Å². The minimum absolute atomic E-state index is 0.341. The molecule has 1 aromatic heterocycles. The minimum atomic E-state index is -0.341. The molecule has 3 nitrogen and oxygen atoms in total. The molecule has 0 radical (unpaired) electrons. The van der Waals surface area contributed by atoms with Gasteiger partial charge in [0.2, 0.25) is 0 Å². The van der Waals surface area contributed by atoms with Crippen molar-refractivity contribution >= 4 is 57.0 Å². The van der Waals surface area contributed by atoms with Crippen molar-refractivity contribution in [2.75, 3.05) is 10.6 Å². The van der Waals surface area contributed by atoms with E-state index in [0.29, 0.717) is 21.6 Å². The van der Waals surface area contributed by atoms with Crippen molar-refractivity contribution in [2.45, 2.75) is 0 Å². The number of nitrogens with one attached hydrogen (secondary N) is 2. The van der Waals surface area contributed by atoms with Crippen LogP contribution in [-0.2, 0) is 0 Å². The van der Waals surface area contributed by atoms with Crippen LogP contribution in [0.25, 0.3) is 10.9 Å². The molecule has 6 heteroatoms. The maximum Gasteiger partial charge on any atom is 0.146 e. The van der Waals surface area contributed by atoms with Crippen LogP contribution in [0, 0.1) is 5.82 Å². The fraction of sp³-hybridized carbons (Fsp3) is 0. The second kappa shape index (κ2) is 7.43. The molecule has 0 aliphatic carbocycles. The zero-order chi connectivity index (χ0) is 18.8. The van der Waals surface area contributed by atoms with Crippen molar-refractivity contribution in [3.05, 3.63) is 88.7 Å². The number of anilines is 4. The van der Waals surface area contributed by atoms with Gasteiger partial charge in [-0.25, -0.2) is 9.37 Å². The summed E-state index contributed by atoms with van der Waals surface area (Å²) in [6, 6.07) is 21.3. The largest absolute Gasteiger partial charge is 0.355 e. The smallest absolute Gasteiger partial charge is 0.146 e. The van der Waals surface area contributed by atoms with Gasteiger partial charge in [0.05, 0.1) is 26.9 Å². The molecule has 0 aliphatic rings. The van der Waals surface area contributed by atoms with Gasteiger partial charge in [-0.15, -0.1) is 0 Å². The molecule has 4 rings (SSSR count). The first-order chi connectivity index (χ1) is 13.1. The molecule has 0 amide bonds. The van der Waals surface area contributed by atoms with E-state index in [9.17, 15) is 4.39 Å². The average molecular weight is 398 g/mol. The summed E-state index contributed by atoms with van der Waals surface area (Å²) in [6.07, 6.45) is 0. The SMILES string of the molecule is Fc1ccccc1Nc1cc(Nc2ccc(Cl)c(Cl)c2)c2ccccc2n1. The van der Waals surface area contributed by atoms with Crippen molar-refractivity contribution < 1.29 is 4.39 Å². The van der Waals surface area contributed by atoms with Crippen LogP contribution in [0.3, 0.4) is 0 Å². The van der Waals surface area contributed by atoms with Crippen molar-refractivity contribution in [3.8, 4) is 0 Å². The summed E-state index contributed by atoms with van der Waals surface area (Å²) in [6.45, 7) is 0. The van der Waals surface area contributed by atoms with Gasteiger partial charge in [-0.3, -0.25) is 0 Å². The van der Waals surface area contributed by atoms with Crippen LogP contribution in [0.1, 0.15) is 0 Å². The van der Waals surface area contributed by atoms with Crippen LogP contribution in [0.4, 0.5) is 27.3 Å². The highest BCUT2D eigenvalue weighted by Crippen LogP contribution is 2.32. The standard InChI is InChI=1S/C21H14Cl2FN3/c22-15-10-9-13(11-16(15)23)25-20-12-21(26-18-7-3-1-5-14(18)20)27-19-8-4-2-6-17(19)24/h1-12H,(H2,25,26,27). The first kappa shape index (κ1) is 17.6. The number of benzene rings is 3. The predicted molar refractivity (Wildman–Crippen MR) is 111 cm³/mol. The van der Waals surface area contributed by atoms with Gasteiger partial charge >= 0.3 is 0 Å². The molecule has 2 N–H and O–H groups in total. The van der Waals surface area contributed by atoms with E-state index >= 15 is 0 Å². The molecule has 1 heterocycles. The third-order valence-corrected chi connectivity index (χ3v) is 4.79. The summed E-state index contributed by atoms with van der Waals surface area (Å²) in [7, 11) is 0. The van der Waals surface area contributed by atoms with Gasteiger partial charge in [-0.1, -0.05) is 53.5 Å². The molecule has 0 saturated heterocycles. The number of halogens is 3. The highest BCUT2D eigenvalue weighted by Gasteiger charge is 2.09. The number of pyridine rings is 1. The first-order valence-electron chi connectivity index (χ1n) is 8.23. The van der Waals surface area contributed by atoms with Crippen molar-refractivity contribution in [3.63, 3.8) is 0 Å². The number of fused-ring (bicyclic) bond motifs is 1. The van der Waals surface area contributed by atoms with Crippen LogP contribution in [-0.4, -0.2) is 4.98 Å². The molecule has 27 heavy (non-hydrogen) atoms. The molecular weight excluding hydrogens is 384 g/mol. The van der Waals surface area contributed by atoms with Crippen molar-refractivity contribution in [2.24, 2.45) is 0 Å². The highest BCUT2D eigenvalue weighted by atomic mass is 35.5. The molecule has 0 bridgehead atoms. The molecule has 4 aromatic rings. The van der Waals surface area contributed by atoms with E-state index in [1.807, 2.05) is 36.4 Å². The van der Waals surface area contributed by atoms with E-state index in [1.54, 1.807) is 30.3 Å². The van der Waals surface area contributed by atoms with Gasteiger partial charge in [0.1, 0.15) is 11.6 Å². The van der Waals surface area contributed by atoms with Gasteiger partial charge in [-0.05, 0) is 36.4 Å². The Hall–Kier alpha value is -2.82. The minimum Gasteiger partial charge on any atom is -0.355 e. The Labute approximate surface area is 165 Å². The normalized spacial score (nSPS) is 10.8. The predicted octanol–water partition coefficient (Wildman–Crippen LogP) is 7.17. The van der Waals surface area contributed by atoms with Gasteiger partial charge in [0.15, 0.2) is 0 Å². The molecule has 0 fully saturated rings. The third kappa shape index (κ3) is 3.82. The van der Waals surface area contributed by atoms with Crippen LogP contribution in [0.15, 0.2) is 72.8 Å². The lowest BCUT2D eigenvalue weighted by Gasteiger charge is -2.14.